The van der Waals surface area contributed by atoms with E-state index in [4.69, 9.17) is 28.9 Å². The molecule has 2 fully saturated rings. The maximum absolute atomic E-state index is 14.1. The predicted octanol–water partition coefficient (Wildman–Crippen LogP) is 7.16. The number of nitrogens with zero attached hydrogens (tertiary/aromatic N) is 4. The van der Waals surface area contributed by atoms with Crippen LogP contribution in [0, 0.1) is 11.8 Å². The minimum Gasteiger partial charge on any atom is -0.488 e. The number of amides is 4. The molecule has 0 bridgehead atoms. The van der Waals surface area contributed by atoms with Crippen molar-refractivity contribution in [1.29, 1.82) is 0 Å². The molecule has 16 nitrogen and oxygen atoms in total. The number of imidazole rings is 2. The van der Waals surface area contributed by atoms with Crippen LogP contribution >= 0.6 is 0 Å². The molecule has 4 N–H and O–H groups in total. The maximum Gasteiger partial charge on any atom is 0.407 e. The zero-order valence-corrected chi connectivity index (χ0v) is 36.5. The summed E-state index contributed by atoms with van der Waals surface area (Å²) in [6.45, 7) is 10.6. The number of aromatic amines is 2. The van der Waals surface area contributed by atoms with Gasteiger partial charge in [-0.25, -0.2) is 19.6 Å². The number of methoxy groups -OCH3 is 3. The van der Waals surface area contributed by atoms with Crippen LogP contribution in [0.4, 0.5) is 9.59 Å². The summed E-state index contributed by atoms with van der Waals surface area (Å²) in [5.41, 5.74) is 6.52. The smallest absolute Gasteiger partial charge is 0.407 e. The normalized spacial score (nSPS) is 21.0. The van der Waals surface area contributed by atoms with Gasteiger partial charge < -0.3 is 49.3 Å². The van der Waals surface area contributed by atoms with Crippen molar-refractivity contribution in [2.24, 2.45) is 11.8 Å². The molecule has 0 saturated carbocycles. The van der Waals surface area contributed by atoms with Crippen LogP contribution in [0.1, 0.15) is 89.6 Å². The molecule has 3 aromatic carbocycles. The number of benzene rings is 3. The summed E-state index contributed by atoms with van der Waals surface area (Å²) >= 11 is 0. The lowest BCUT2D eigenvalue weighted by atomic mass is 9.92. The van der Waals surface area contributed by atoms with Gasteiger partial charge in [0.1, 0.15) is 36.1 Å². The molecule has 8 rings (SSSR count). The van der Waals surface area contributed by atoms with E-state index in [1.54, 1.807) is 6.92 Å². The van der Waals surface area contributed by atoms with Gasteiger partial charge in [-0.05, 0) is 91.3 Å². The number of H-pyrrole nitrogens is 2. The fourth-order valence-electron chi connectivity index (χ4n) is 9.37. The van der Waals surface area contributed by atoms with Crippen molar-refractivity contribution in [2.45, 2.75) is 103 Å². The van der Waals surface area contributed by atoms with Gasteiger partial charge in [-0.2, -0.15) is 0 Å². The largest absolute Gasteiger partial charge is 0.488 e. The van der Waals surface area contributed by atoms with E-state index in [1.807, 2.05) is 42.8 Å². The van der Waals surface area contributed by atoms with Crippen molar-refractivity contribution in [1.82, 2.24) is 40.4 Å². The van der Waals surface area contributed by atoms with Gasteiger partial charge in [-0.15, -0.1) is 0 Å². The lowest BCUT2D eigenvalue weighted by Crippen LogP contribution is -2.54. The Morgan fingerprint density at radius 3 is 2.35 bits per heavy atom. The summed E-state index contributed by atoms with van der Waals surface area (Å²) < 4.78 is 21.6. The fraction of sp³-hybridized carbons (Fsp3) is 0.478. The quantitative estimate of drug-likeness (QED) is 0.106. The fourth-order valence-corrected chi connectivity index (χ4v) is 9.37. The molecule has 0 spiro atoms. The molecule has 3 aliphatic heterocycles. The third kappa shape index (κ3) is 7.80. The lowest BCUT2D eigenvalue weighted by molar-refractivity contribution is -0.138. The van der Waals surface area contributed by atoms with E-state index in [0.717, 1.165) is 81.2 Å². The van der Waals surface area contributed by atoms with Gasteiger partial charge in [0.25, 0.3) is 0 Å². The molecule has 5 aromatic rings. The predicted molar refractivity (Wildman–Crippen MR) is 232 cm³/mol. The molecule has 0 unspecified atom stereocenters. The number of rotatable bonds is 11. The minimum absolute atomic E-state index is 0.0200. The Balaban J connectivity index is 1.05. The molecule has 4 amide bonds. The van der Waals surface area contributed by atoms with Crippen molar-refractivity contribution in [3.8, 4) is 28.1 Å². The summed E-state index contributed by atoms with van der Waals surface area (Å²) in [4.78, 5) is 72.9. The van der Waals surface area contributed by atoms with Crippen molar-refractivity contribution in [3.05, 3.63) is 65.9 Å². The molecular weight excluding hydrogens is 793 g/mol. The molecule has 0 radical (unpaired) electrons. The van der Waals surface area contributed by atoms with Gasteiger partial charge in [0.2, 0.25) is 11.8 Å². The van der Waals surface area contributed by atoms with E-state index in [-0.39, 0.29) is 41.8 Å². The van der Waals surface area contributed by atoms with Crippen molar-refractivity contribution < 1.29 is 38.1 Å². The number of fused-ring (bicyclic) bond motifs is 6. The van der Waals surface area contributed by atoms with E-state index in [9.17, 15) is 19.2 Å². The van der Waals surface area contributed by atoms with Crippen LogP contribution in [0.3, 0.4) is 0 Å². The highest BCUT2D eigenvalue weighted by molar-refractivity contribution is 6.07. The monoisotopic (exact) mass is 848 g/mol. The molecule has 5 heterocycles. The van der Waals surface area contributed by atoms with Crippen LogP contribution in [0.15, 0.2) is 48.7 Å². The molecule has 0 aliphatic carbocycles. The Morgan fingerprint density at radius 1 is 0.887 bits per heavy atom. The van der Waals surface area contributed by atoms with Crippen LogP contribution in [0.5, 0.6) is 5.75 Å². The second-order valence-corrected chi connectivity index (χ2v) is 17.1. The molecule has 3 aliphatic rings. The second-order valence-electron chi connectivity index (χ2n) is 17.1. The molecular formula is C46H56N8O8. The number of aromatic nitrogens is 4. The van der Waals surface area contributed by atoms with Crippen molar-refractivity contribution in [3.63, 3.8) is 0 Å². The SMILES string of the molecule is CC[C@H]1C[C@@H](c2nc3c(ccc4cc5c(cc43)OCc3cc(-c4cnc([C@@H]6CC[C@H](C)N6C(=O)[C@@H](NC(=O)OC)C(C)C)[nH]4)ccc3-5)[nH]2)N(C(=O)[C@@H](NC(=O)OC)[C@@H](C)OC)C1. The average molecular weight is 849 g/mol. The first-order valence-electron chi connectivity index (χ1n) is 21.5. The Hall–Kier alpha value is -6.16. The third-order valence-corrected chi connectivity index (χ3v) is 13.0. The van der Waals surface area contributed by atoms with Gasteiger partial charge in [-0.1, -0.05) is 45.4 Å². The van der Waals surface area contributed by atoms with E-state index in [2.05, 4.69) is 63.9 Å². The summed E-state index contributed by atoms with van der Waals surface area (Å²) in [6, 6.07) is 12.4. The molecule has 62 heavy (non-hydrogen) atoms. The molecule has 2 saturated heterocycles. The van der Waals surface area contributed by atoms with E-state index < -0.39 is 30.4 Å². The number of carbonyl (C=O) groups excluding carboxylic acids is 4. The van der Waals surface area contributed by atoms with Gasteiger partial charge in [-0.3, -0.25) is 9.59 Å². The number of alkyl carbamates (subject to hydrolysis) is 2. The zero-order chi connectivity index (χ0) is 44.0. The second kappa shape index (κ2) is 17.3. The topological polar surface area (TPSA) is 193 Å². The minimum atomic E-state index is -0.929. The first-order chi connectivity index (χ1) is 29.8. The van der Waals surface area contributed by atoms with E-state index in [1.165, 1.54) is 21.3 Å². The number of likely N-dealkylation sites (tertiary alicyclic amines) is 2. The van der Waals surface area contributed by atoms with E-state index in [0.29, 0.717) is 24.8 Å². The summed E-state index contributed by atoms with van der Waals surface area (Å²) in [5, 5.41) is 7.34. The van der Waals surface area contributed by atoms with Crippen LogP contribution in [0.2, 0.25) is 0 Å². The molecule has 328 valence electrons. The zero-order valence-electron chi connectivity index (χ0n) is 36.5. The maximum atomic E-state index is 14.1. The number of ether oxygens (including phenoxy) is 4. The average Bonchev–Trinajstić information content (AvgIpc) is 4.11. The first kappa shape index (κ1) is 42.5. The number of nitrogens with one attached hydrogen (secondary N) is 4. The highest BCUT2D eigenvalue weighted by atomic mass is 16.5. The summed E-state index contributed by atoms with van der Waals surface area (Å²) in [7, 11) is 4.07. The van der Waals surface area contributed by atoms with Crippen LogP contribution in [0.25, 0.3) is 44.2 Å². The molecule has 16 heteroatoms. The Labute approximate surface area is 360 Å². The standard InChI is InChI=1S/C46H56N8O8/c1-9-26-16-36(53(21-26)43(55)39(25(5)59-6)52-46(58)61-8)42-48-33-14-12-27-18-32-30-13-11-28(17-29(30)22-62-37(32)19-31(27)40(33)50-42)34-20-47-41(49-34)35-15-10-24(4)54(35)44(56)38(23(2)3)51-45(57)60-7/h11-14,17-20,23-26,35-36,38-39H,9-10,15-16,21-22H2,1-8H3,(H,47,49)(H,48,50)(H,51,57)(H,52,58)/t24-,25+,26-,35-,36-,38-,39-/m0/s1. The highest BCUT2D eigenvalue weighted by Crippen LogP contribution is 2.44. The third-order valence-electron chi connectivity index (χ3n) is 13.0. The molecule has 7 atom stereocenters. The van der Waals surface area contributed by atoms with Crippen LogP contribution < -0.4 is 15.4 Å². The Kier molecular flexibility index (Phi) is 11.9. The Bertz CT molecular complexity index is 2510. The van der Waals surface area contributed by atoms with Crippen molar-refractivity contribution in [2.75, 3.05) is 27.9 Å². The summed E-state index contributed by atoms with van der Waals surface area (Å²) in [6.07, 6.45) is 3.09. The summed E-state index contributed by atoms with van der Waals surface area (Å²) in [5.74, 6) is 1.88. The van der Waals surface area contributed by atoms with Gasteiger partial charge in [0.15, 0.2) is 0 Å². The number of hydrogen-bond donors (Lipinski definition) is 4. The number of carbonyl (C=O) groups is 4. The molecule has 2 aromatic heterocycles. The van der Waals surface area contributed by atoms with Gasteiger partial charge >= 0.3 is 12.2 Å². The highest BCUT2D eigenvalue weighted by Gasteiger charge is 2.43. The lowest BCUT2D eigenvalue weighted by Gasteiger charge is -2.32. The van der Waals surface area contributed by atoms with Gasteiger partial charge in [0.05, 0.1) is 55.3 Å². The van der Waals surface area contributed by atoms with Crippen LogP contribution in [-0.2, 0) is 30.4 Å². The van der Waals surface area contributed by atoms with Gasteiger partial charge in [0, 0.05) is 30.6 Å². The van der Waals surface area contributed by atoms with Crippen LogP contribution in [-0.4, -0.2) is 106 Å². The van der Waals surface area contributed by atoms with Crippen molar-refractivity contribution >= 4 is 45.8 Å². The van der Waals surface area contributed by atoms with E-state index >= 15 is 0 Å². The number of hydrogen-bond acceptors (Lipinski definition) is 10. The Morgan fingerprint density at radius 2 is 1.65 bits per heavy atom. The first-order valence-corrected chi connectivity index (χ1v) is 21.5.